The van der Waals surface area contributed by atoms with Crippen LogP contribution >= 0.6 is 0 Å². The first-order valence-electron chi connectivity index (χ1n) is 9.43. The second kappa shape index (κ2) is 10.8. The van der Waals surface area contributed by atoms with E-state index in [2.05, 4.69) is 10.3 Å². The molecule has 28 heavy (non-hydrogen) atoms. The second-order valence-corrected chi connectivity index (χ2v) is 7.48. The van der Waals surface area contributed by atoms with Crippen molar-refractivity contribution in [2.45, 2.75) is 59.8 Å². The normalized spacial score (nSPS) is 14.5. The first-order chi connectivity index (χ1) is 13.1. The summed E-state index contributed by atoms with van der Waals surface area (Å²) in [6.45, 7) is 11.9. The van der Waals surface area contributed by atoms with E-state index < -0.39 is 24.0 Å². The number of carbonyl (C=O) groups excluding carboxylic acids is 2. The number of carbonyl (C=O) groups is 2. The molecule has 1 amide bonds. The van der Waals surface area contributed by atoms with Crippen molar-refractivity contribution in [3.63, 3.8) is 0 Å². The fraction of sp³-hybridized carbons (Fsp3) is 0.650. The van der Waals surface area contributed by atoms with Gasteiger partial charge in [-0.3, -0.25) is 4.79 Å². The molecule has 2 N–H and O–H groups in total. The number of pyridine rings is 1. The zero-order valence-corrected chi connectivity index (χ0v) is 17.7. The van der Waals surface area contributed by atoms with Crippen LogP contribution in [0, 0.1) is 11.8 Å². The summed E-state index contributed by atoms with van der Waals surface area (Å²) in [6.07, 6.45) is 0.603. The van der Waals surface area contributed by atoms with Crippen LogP contribution in [0.2, 0.25) is 0 Å². The molecular weight excluding hydrogens is 364 g/mol. The molecule has 1 aromatic heterocycles. The number of ether oxygens (including phenoxy) is 3. The van der Waals surface area contributed by atoms with Crippen molar-refractivity contribution in [2.75, 3.05) is 13.7 Å². The van der Waals surface area contributed by atoms with Crippen LogP contribution in [0.25, 0.3) is 0 Å². The largest absolute Gasteiger partial charge is 0.503 e. The molecule has 0 bridgehead atoms. The molecule has 0 aliphatic rings. The molecule has 8 heteroatoms. The Morgan fingerprint density at radius 2 is 1.82 bits per heavy atom. The van der Waals surface area contributed by atoms with Crippen LogP contribution in [-0.4, -0.2) is 53.9 Å². The van der Waals surface area contributed by atoms with E-state index in [0.29, 0.717) is 12.5 Å². The number of rotatable bonds is 10. The third-order valence-corrected chi connectivity index (χ3v) is 4.09. The Morgan fingerprint density at radius 1 is 1.18 bits per heavy atom. The maximum absolute atomic E-state index is 12.5. The highest BCUT2D eigenvalue weighted by Gasteiger charge is 2.29. The number of nitrogens with one attached hydrogen (secondary N) is 1. The van der Waals surface area contributed by atoms with Crippen molar-refractivity contribution in [1.82, 2.24) is 10.3 Å². The van der Waals surface area contributed by atoms with Gasteiger partial charge in [0, 0.05) is 18.9 Å². The van der Waals surface area contributed by atoms with Crippen molar-refractivity contribution in [3.05, 3.63) is 18.0 Å². The summed E-state index contributed by atoms with van der Waals surface area (Å²) in [5.41, 5.74) is -0.229. The molecule has 0 fully saturated rings. The zero-order valence-electron chi connectivity index (χ0n) is 17.7. The quantitative estimate of drug-likeness (QED) is 0.585. The van der Waals surface area contributed by atoms with E-state index >= 15 is 0 Å². The molecule has 1 rings (SSSR count). The van der Waals surface area contributed by atoms with Crippen LogP contribution in [-0.2, 0) is 14.3 Å². The number of aromatic hydroxyl groups is 1. The smallest absolute Gasteiger partial charge is 0.328 e. The van der Waals surface area contributed by atoms with Gasteiger partial charge in [-0.15, -0.1) is 0 Å². The van der Waals surface area contributed by atoms with E-state index in [4.69, 9.17) is 14.2 Å². The van der Waals surface area contributed by atoms with E-state index in [-0.39, 0.29) is 29.2 Å². The second-order valence-electron chi connectivity index (χ2n) is 7.48. The van der Waals surface area contributed by atoms with Crippen LogP contribution in [0.4, 0.5) is 0 Å². The van der Waals surface area contributed by atoms with E-state index in [1.54, 1.807) is 0 Å². The molecule has 0 aliphatic heterocycles. The third-order valence-electron chi connectivity index (χ3n) is 4.09. The third kappa shape index (κ3) is 6.67. The molecule has 3 atom stereocenters. The van der Waals surface area contributed by atoms with Crippen LogP contribution in [0.1, 0.15) is 52.0 Å². The summed E-state index contributed by atoms with van der Waals surface area (Å²) in [5.74, 6) is -1.16. The standard InChI is InChI=1S/C20H32N2O6/c1-11(2)10-27-14(6)18(12(3)4)28-20(25)13(5)22-19(24)16-17(23)15(26-7)8-9-21-16/h8-9,11-14,18,23H,10H2,1-7H3,(H,22,24)/t13-,14-,18+/m0/s1. The van der Waals surface area contributed by atoms with Gasteiger partial charge in [0.25, 0.3) is 5.91 Å². The lowest BCUT2D eigenvalue weighted by molar-refractivity contribution is -0.163. The van der Waals surface area contributed by atoms with Gasteiger partial charge >= 0.3 is 5.97 Å². The van der Waals surface area contributed by atoms with Crippen molar-refractivity contribution >= 4 is 11.9 Å². The Morgan fingerprint density at radius 3 is 2.36 bits per heavy atom. The monoisotopic (exact) mass is 396 g/mol. The predicted octanol–water partition coefficient (Wildman–Crippen LogP) is 2.54. The highest BCUT2D eigenvalue weighted by Crippen LogP contribution is 2.27. The number of nitrogens with zero attached hydrogens (tertiary/aromatic N) is 1. The highest BCUT2D eigenvalue weighted by molar-refractivity contribution is 5.97. The Kier molecular flexibility index (Phi) is 9.18. The van der Waals surface area contributed by atoms with E-state index in [0.717, 1.165) is 0 Å². The molecule has 0 radical (unpaired) electrons. The van der Waals surface area contributed by atoms with Gasteiger partial charge in [0.2, 0.25) is 0 Å². The van der Waals surface area contributed by atoms with Crippen molar-refractivity contribution in [2.24, 2.45) is 11.8 Å². The van der Waals surface area contributed by atoms with Crippen LogP contribution in [0.15, 0.2) is 12.3 Å². The Hall–Kier alpha value is -2.35. The topological polar surface area (TPSA) is 107 Å². The molecule has 0 unspecified atom stereocenters. The first-order valence-corrected chi connectivity index (χ1v) is 9.43. The van der Waals surface area contributed by atoms with Gasteiger partial charge in [-0.25, -0.2) is 9.78 Å². The zero-order chi connectivity index (χ0) is 21.4. The van der Waals surface area contributed by atoms with Gasteiger partial charge in [0.15, 0.2) is 17.2 Å². The molecule has 0 aromatic carbocycles. The molecule has 8 nitrogen and oxygen atoms in total. The summed E-state index contributed by atoms with van der Waals surface area (Å²) in [7, 11) is 1.37. The number of hydrogen-bond donors (Lipinski definition) is 2. The Balaban J connectivity index is 2.76. The summed E-state index contributed by atoms with van der Waals surface area (Å²) >= 11 is 0. The van der Waals surface area contributed by atoms with Gasteiger partial charge in [-0.1, -0.05) is 27.7 Å². The Bertz CT molecular complexity index is 662. The van der Waals surface area contributed by atoms with Gasteiger partial charge in [-0.05, 0) is 25.7 Å². The minimum atomic E-state index is -0.932. The number of methoxy groups -OCH3 is 1. The molecule has 0 spiro atoms. The fourth-order valence-electron chi connectivity index (χ4n) is 2.54. The van der Waals surface area contributed by atoms with E-state index in [9.17, 15) is 14.7 Å². The summed E-state index contributed by atoms with van der Waals surface area (Å²) < 4.78 is 16.3. The molecule has 1 heterocycles. The minimum Gasteiger partial charge on any atom is -0.503 e. The average Bonchev–Trinajstić information content (AvgIpc) is 2.63. The number of aromatic nitrogens is 1. The van der Waals surface area contributed by atoms with Crippen LogP contribution < -0.4 is 10.1 Å². The first kappa shape index (κ1) is 23.7. The van der Waals surface area contributed by atoms with Crippen LogP contribution in [0.5, 0.6) is 11.5 Å². The lowest BCUT2D eigenvalue weighted by atomic mass is 10.0. The maximum Gasteiger partial charge on any atom is 0.328 e. The number of amides is 1. The Labute approximate surface area is 166 Å². The highest BCUT2D eigenvalue weighted by atomic mass is 16.6. The molecule has 0 saturated heterocycles. The maximum atomic E-state index is 12.5. The van der Waals surface area contributed by atoms with Crippen molar-refractivity contribution in [1.29, 1.82) is 0 Å². The van der Waals surface area contributed by atoms with Gasteiger partial charge in [0.05, 0.1) is 13.2 Å². The number of esters is 1. The van der Waals surface area contributed by atoms with Gasteiger partial charge in [0.1, 0.15) is 12.1 Å². The summed E-state index contributed by atoms with van der Waals surface area (Å²) in [4.78, 5) is 28.7. The van der Waals surface area contributed by atoms with Gasteiger partial charge in [-0.2, -0.15) is 0 Å². The van der Waals surface area contributed by atoms with Crippen molar-refractivity contribution < 1.29 is 28.9 Å². The molecule has 158 valence electrons. The van der Waals surface area contributed by atoms with E-state index in [1.165, 1.54) is 26.3 Å². The average molecular weight is 396 g/mol. The summed E-state index contributed by atoms with van der Waals surface area (Å²) in [6, 6.07) is 0.494. The number of hydrogen-bond acceptors (Lipinski definition) is 7. The van der Waals surface area contributed by atoms with E-state index in [1.807, 2.05) is 34.6 Å². The van der Waals surface area contributed by atoms with Crippen LogP contribution in [0.3, 0.4) is 0 Å². The lowest BCUT2D eigenvalue weighted by Gasteiger charge is -2.29. The molecule has 0 saturated carbocycles. The molecule has 1 aromatic rings. The minimum absolute atomic E-state index is 0.0399. The van der Waals surface area contributed by atoms with Crippen molar-refractivity contribution in [3.8, 4) is 11.5 Å². The lowest BCUT2D eigenvalue weighted by Crippen LogP contribution is -2.44. The van der Waals surface area contributed by atoms with Gasteiger partial charge < -0.3 is 24.6 Å². The molecule has 0 aliphatic carbocycles. The SMILES string of the molecule is COc1ccnc(C(=O)N[C@@H](C)C(=O)O[C@H](C(C)C)[C@H](C)OCC(C)C)c1O. The predicted molar refractivity (Wildman–Crippen MR) is 104 cm³/mol. The fourth-order valence-corrected chi connectivity index (χ4v) is 2.54. The summed E-state index contributed by atoms with van der Waals surface area (Å²) in [5, 5.41) is 12.5. The molecular formula is C20H32N2O6.